The van der Waals surface area contributed by atoms with Crippen LogP contribution in [0.5, 0.6) is 5.88 Å². The van der Waals surface area contributed by atoms with Crippen molar-refractivity contribution in [1.82, 2.24) is 14.8 Å². The number of alkyl halides is 4. The Labute approximate surface area is 136 Å². The highest BCUT2D eigenvalue weighted by molar-refractivity contribution is 5.92. The van der Waals surface area contributed by atoms with E-state index < -0.39 is 59.7 Å². The molecule has 10 nitrogen and oxygen atoms in total. The van der Waals surface area contributed by atoms with E-state index in [4.69, 9.17) is 0 Å². The number of hydrogen-bond acceptors (Lipinski definition) is 7. The summed E-state index contributed by atoms with van der Waals surface area (Å²) in [6, 6.07) is 0. The molecule has 1 amide bonds. The van der Waals surface area contributed by atoms with Crippen LogP contribution >= 0.6 is 0 Å². The van der Waals surface area contributed by atoms with Gasteiger partial charge in [0.25, 0.3) is 18.8 Å². The van der Waals surface area contributed by atoms with Gasteiger partial charge in [0, 0.05) is 6.42 Å². The number of nitrogens with zero attached hydrogens (tertiary/aromatic N) is 5. The fourth-order valence-corrected chi connectivity index (χ4v) is 2.10. The number of aliphatic hydroxyl groups is 1. The summed E-state index contributed by atoms with van der Waals surface area (Å²) >= 11 is 0. The van der Waals surface area contributed by atoms with Gasteiger partial charge in [-0.2, -0.15) is 10.1 Å². The van der Waals surface area contributed by atoms with Gasteiger partial charge in [-0.05, 0) is 0 Å². The number of carbonyl (C=O) groups is 1. The van der Waals surface area contributed by atoms with E-state index in [9.17, 15) is 37.6 Å². The molecule has 1 aliphatic rings. The number of aromatic nitrogens is 2. The van der Waals surface area contributed by atoms with Crippen LogP contribution in [0.25, 0.3) is 0 Å². The lowest BCUT2D eigenvalue weighted by molar-refractivity contribution is -0.385. The number of amides is 1. The summed E-state index contributed by atoms with van der Waals surface area (Å²) < 4.78 is 56.7. The van der Waals surface area contributed by atoms with Gasteiger partial charge in [-0.1, -0.05) is 0 Å². The number of halogens is 4. The highest BCUT2D eigenvalue weighted by Gasteiger charge is 2.53. The third-order valence-electron chi connectivity index (χ3n) is 3.27. The monoisotopic (exact) mass is 369 g/mol. The van der Waals surface area contributed by atoms with Crippen molar-refractivity contribution in [2.24, 2.45) is 5.10 Å². The number of hydrogen-bond donors (Lipinski definition) is 1. The minimum Gasteiger partial charge on any atom is -0.475 e. The lowest BCUT2D eigenvalue weighted by atomic mass is 10.1. The first-order chi connectivity index (χ1) is 11.6. The summed E-state index contributed by atoms with van der Waals surface area (Å²) in [4.78, 5) is 22.0. The summed E-state index contributed by atoms with van der Waals surface area (Å²) in [5.74, 6) is -1.77. The Kier molecular flexibility index (Phi) is 4.92. The van der Waals surface area contributed by atoms with Crippen molar-refractivity contribution in [3.63, 3.8) is 0 Å². The Balaban J connectivity index is 2.28. The molecule has 1 atom stereocenters. The SMILES string of the molecule is COc1nn(CC(=O)N2N=C(C(F)F)C[C@@]2(O)C(F)F)cc1[N+](=O)[O-]. The molecular weight excluding hydrogens is 358 g/mol. The molecule has 0 unspecified atom stereocenters. The summed E-state index contributed by atoms with van der Waals surface area (Å²) in [6.45, 7) is -0.876. The number of methoxy groups -OCH3 is 1. The lowest BCUT2D eigenvalue weighted by Gasteiger charge is -2.29. The highest BCUT2D eigenvalue weighted by atomic mass is 19.3. The smallest absolute Gasteiger partial charge is 0.350 e. The zero-order chi connectivity index (χ0) is 18.9. The van der Waals surface area contributed by atoms with Crippen molar-refractivity contribution in [3.05, 3.63) is 16.3 Å². The van der Waals surface area contributed by atoms with E-state index >= 15 is 0 Å². The van der Waals surface area contributed by atoms with Gasteiger partial charge in [0.15, 0.2) is 0 Å². The molecule has 2 rings (SSSR count). The van der Waals surface area contributed by atoms with Crippen molar-refractivity contribution >= 4 is 17.3 Å². The zero-order valence-electron chi connectivity index (χ0n) is 12.5. The van der Waals surface area contributed by atoms with Crippen molar-refractivity contribution in [2.45, 2.75) is 31.5 Å². The van der Waals surface area contributed by atoms with Crippen LogP contribution in [0, 0.1) is 10.1 Å². The predicted molar refractivity (Wildman–Crippen MR) is 71.3 cm³/mol. The van der Waals surface area contributed by atoms with E-state index in [0.717, 1.165) is 13.3 Å². The van der Waals surface area contributed by atoms with Gasteiger partial charge < -0.3 is 9.84 Å². The van der Waals surface area contributed by atoms with Crippen molar-refractivity contribution in [2.75, 3.05) is 7.11 Å². The van der Waals surface area contributed by atoms with Crippen LogP contribution in [0.3, 0.4) is 0 Å². The van der Waals surface area contributed by atoms with E-state index in [1.807, 2.05) is 0 Å². The summed E-state index contributed by atoms with van der Waals surface area (Å²) in [6.07, 6.45) is -7.25. The van der Waals surface area contributed by atoms with Gasteiger partial charge in [0.1, 0.15) is 18.5 Å². The first kappa shape index (κ1) is 18.6. The van der Waals surface area contributed by atoms with Crippen LogP contribution in [0.4, 0.5) is 23.2 Å². The van der Waals surface area contributed by atoms with E-state index in [0.29, 0.717) is 4.68 Å². The van der Waals surface area contributed by atoms with E-state index in [2.05, 4.69) is 14.9 Å². The first-order valence-electron chi connectivity index (χ1n) is 6.55. The molecule has 0 radical (unpaired) electrons. The molecule has 1 aromatic rings. The minimum atomic E-state index is -3.57. The number of nitro groups is 1. The average molecular weight is 369 g/mol. The standard InChI is InChI=1S/C11H11F4N5O5/c1-25-9-6(20(23)24)3-18(17-9)4-7(21)19-11(22,10(14)15)2-5(16-19)8(12)13/h3,8,10,22H,2,4H2,1H3/t11-/m1/s1. The Hall–Kier alpha value is -2.77. The summed E-state index contributed by atoms with van der Waals surface area (Å²) in [5.41, 5.74) is -4.91. The van der Waals surface area contributed by atoms with Gasteiger partial charge in [0.2, 0.25) is 5.72 Å². The van der Waals surface area contributed by atoms with Crippen LogP contribution in [0.2, 0.25) is 0 Å². The molecule has 1 aromatic heterocycles. The quantitative estimate of drug-likeness (QED) is 0.445. The Morgan fingerprint density at radius 1 is 1.52 bits per heavy atom. The largest absolute Gasteiger partial charge is 0.475 e. The zero-order valence-corrected chi connectivity index (χ0v) is 12.5. The van der Waals surface area contributed by atoms with Crippen molar-refractivity contribution in [3.8, 4) is 5.88 Å². The summed E-state index contributed by atoms with van der Waals surface area (Å²) in [5, 5.41) is 27.1. The molecular formula is C11H11F4N5O5. The molecule has 14 heteroatoms. The number of hydrazone groups is 1. The second kappa shape index (κ2) is 6.62. The van der Waals surface area contributed by atoms with Gasteiger partial charge in [-0.15, -0.1) is 5.10 Å². The predicted octanol–water partition coefficient (Wildman–Crippen LogP) is 0.607. The Morgan fingerprint density at radius 2 is 2.16 bits per heavy atom. The lowest BCUT2D eigenvalue weighted by Crippen LogP contribution is -2.52. The topological polar surface area (TPSA) is 123 Å². The van der Waals surface area contributed by atoms with Gasteiger partial charge in [0.05, 0.1) is 12.0 Å². The Bertz CT molecular complexity index is 724. The molecule has 0 saturated heterocycles. The maximum Gasteiger partial charge on any atom is 0.350 e. The van der Waals surface area contributed by atoms with Gasteiger partial charge in [-0.25, -0.2) is 17.6 Å². The molecule has 0 bridgehead atoms. The second-order valence-electron chi connectivity index (χ2n) is 4.93. The van der Waals surface area contributed by atoms with Crippen LogP contribution in [0.1, 0.15) is 6.42 Å². The normalized spacial score (nSPS) is 20.3. The molecule has 0 aliphatic carbocycles. The average Bonchev–Trinajstić information content (AvgIpc) is 3.09. The van der Waals surface area contributed by atoms with Gasteiger partial charge >= 0.3 is 11.6 Å². The molecule has 1 N–H and O–H groups in total. The Morgan fingerprint density at radius 3 is 2.60 bits per heavy atom. The van der Waals surface area contributed by atoms with Crippen LogP contribution in [-0.4, -0.2) is 62.1 Å². The summed E-state index contributed by atoms with van der Waals surface area (Å²) in [7, 11) is 1.08. The fourth-order valence-electron chi connectivity index (χ4n) is 2.10. The molecule has 0 spiro atoms. The third-order valence-corrected chi connectivity index (χ3v) is 3.27. The maximum absolute atomic E-state index is 13.0. The number of ether oxygens (including phenoxy) is 1. The van der Waals surface area contributed by atoms with Crippen molar-refractivity contribution in [1.29, 1.82) is 0 Å². The van der Waals surface area contributed by atoms with Crippen LogP contribution in [0.15, 0.2) is 11.3 Å². The van der Waals surface area contributed by atoms with E-state index in [-0.39, 0.29) is 5.01 Å². The highest BCUT2D eigenvalue weighted by Crippen LogP contribution is 2.33. The van der Waals surface area contributed by atoms with Crippen LogP contribution in [-0.2, 0) is 11.3 Å². The number of rotatable bonds is 6. The molecule has 2 heterocycles. The fraction of sp³-hybridized carbons (Fsp3) is 0.545. The van der Waals surface area contributed by atoms with Crippen molar-refractivity contribution < 1.29 is 37.1 Å². The molecule has 0 saturated carbocycles. The number of carbonyl (C=O) groups excluding carboxylic acids is 1. The molecule has 1 aliphatic heterocycles. The van der Waals surface area contributed by atoms with E-state index in [1.54, 1.807) is 0 Å². The van der Waals surface area contributed by atoms with Crippen LogP contribution < -0.4 is 4.74 Å². The first-order valence-corrected chi connectivity index (χ1v) is 6.55. The third kappa shape index (κ3) is 3.38. The molecule has 0 fully saturated rings. The van der Waals surface area contributed by atoms with Gasteiger partial charge in [-0.3, -0.25) is 19.6 Å². The van der Waals surface area contributed by atoms with E-state index in [1.165, 1.54) is 0 Å². The molecule has 25 heavy (non-hydrogen) atoms. The maximum atomic E-state index is 13.0. The minimum absolute atomic E-state index is 0.154. The molecule has 0 aromatic carbocycles. The second-order valence-corrected chi connectivity index (χ2v) is 4.93. The molecule has 138 valence electrons.